The van der Waals surface area contributed by atoms with Crippen molar-refractivity contribution in [3.05, 3.63) is 29.8 Å². The predicted molar refractivity (Wildman–Crippen MR) is 60.1 cm³/mol. The number of benzene rings is 1. The standard InChI is InChI=1S/C10H13N5/c1-7-3-5-8(6-4-7)15-9(11)13-10(12-2)14-15/h3-6H,1-2H3,(H3,11,12,13,14). The van der Waals surface area contributed by atoms with Gasteiger partial charge in [0.1, 0.15) is 0 Å². The Kier molecular flexibility index (Phi) is 2.29. The number of anilines is 2. The van der Waals surface area contributed by atoms with E-state index in [-0.39, 0.29) is 0 Å². The van der Waals surface area contributed by atoms with Gasteiger partial charge in [0.25, 0.3) is 0 Å². The van der Waals surface area contributed by atoms with Gasteiger partial charge in [0.15, 0.2) is 0 Å². The highest BCUT2D eigenvalue weighted by atomic mass is 15.4. The third-order valence-electron chi connectivity index (χ3n) is 2.13. The molecule has 0 saturated carbocycles. The first kappa shape index (κ1) is 9.51. The van der Waals surface area contributed by atoms with Crippen LogP contribution in [0.2, 0.25) is 0 Å². The Hall–Kier alpha value is -2.04. The molecule has 3 N–H and O–H groups in total. The zero-order chi connectivity index (χ0) is 10.8. The van der Waals surface area contributed by atoms with Crippen LogP contribution >= 0.6 is 0 Å². The highest BCUT2D eigenvalue weighted by Crippen LogP contribution is 2.13. The fourth-order valence-electron chi connectivity index (χ4n) is 1.31. The maximum Gasteiger partial charge on any atom is 0.244 e. The summed E-state index contributed by atoms with van der Waals surface area (Å²) in [7, 11) is 1.76. The molecule has 0 amide bonds. The normalized spacial score (nSPS) is 10.3. The number of nitrogens with one attached hydrogen (secondary N) is 1. The maximum absolute atomic E-state index is 5.74. The maximum atomic E-state index is 5.74. The molecule has 0 aliphatic heterocycles. The van der Waals surface area contributed by atoms with Crippen molar-refractivity contribution in [3.8, 4) is 5.69 Å². The van der Waals surface area contributed by atoms with Crippen molar-refractivity contribution in [3.63, 3.8) is 0 Å². The van der Waals surface area contributed by atoms with E-state index in [0.717, 1.165) is 5.69 Å². The molecule has 5 nitrogen and oxygen atoms in total. The molecular formula is C10H13N5. The van der Waals surface area contributed by atoms with Crippen molar-refractivity contribution in [2.45, 2.75) is 6.92 Å². The van der Waals surface area contributed by atoms with Gasteiger partial charge in [0, 0.05) is 7.05 Å². The molecule has 1 aromatic carbocycles. The van der Waals surface area contributed by atoms with Crippen LogP contribution in [0.25, 0.3) is 5.69 Å². The number of nitrogen functional groups attached to an aromatic ring is 1. The monoisotopic (exact) mass is 203 g/mol. The van der Waals surface area contributed by atoms with Crippen LogP contribution in [-0.2, 0) is 0 Å². The largest absolute Gasteiger partial charge is 0.368 e. The number of nitrogens with zero attached hydrogens (tertiary/aromatic N) is 3. The predicted octanol–water partition coefficient (Wildman–Crippen LogP) is 1.20. The minimum atomic E-state index is 0.378. The van der Waals surface area contributed by atoms with Crippen molar-refractivity contribution in [1.82, 2.24) is 14.8 Å². The van der Waals surface area contributed by atoms with Crippen LogP contribution in [0.1, 0.15) is 5.56 Å². The van der Waals surface area contributed by atoms with E-state index in [2.05, 4.69) is 15.4 Å². The van der Waals surface area contributed by atoms with E-state index in [0.29, 0.717) is 11.9 Å². The van der Waals surface area contributed by atoms with Crippen LogP contribution in [-0.4, -0.2) is 21.8 Å². The lowest BCUT2D eigenvalue weighted by atomic mass is 10.2. The first-order valence-electron chi connectivity index (χ1n) is 4.68. The molecule has 2 aromatic rings. The number of rotatable bonds is 2. The summed E-state index contributed by atoms with van der Waals surface area (Å²) in [6.07, 6.45) is 0. The third kappa shape index (κ3) is 1.76. The van der Waals surface area contributed by atoms with Gasteiger partial charge in [-0.15, -0.1) is 5.10 Å². The second-order valence-corrected chi connectivity index (χ2v) is 3.29. The Bertz CT molecular complexity index is 457. The SMILES string of the molecule is CNc1nc(N)n(-c2ccc(C)cc2)n1. The van der Waals surface area contributed by atoms with Gasteiger partial charge >= 0.3 is 0 Å². The lowest BCUT2D eigenvalue weighted by Gasteiger charge is -2.01. The first-order valence-corrected chi connectivity index (χ1v) is 4.68. The van der Waals surface area contributed by atoms with Crippen molar-refractivity contribution >= 4 is 11.9 Å². The minimum absolute atomic E-state index is 0.378. The molecule has 0 atom stereocenters. The second-order valence-electron chi connectivity index (χ2n) is 3.29. The molecule has 0 spiro atoms. The average molecular weight is 203 g/mol. The minimum Gasteiger partial charge on any atom is -0.368 e. The van der Waals surface area contributed by atoms with E-state index in [4.69, 9.17) is 5.73 Å². The number of aryl methyl sites for hydroxylation is 1. The molecule has 0 aliphatic rings. The van der Waals surface area contributed by atoms with Gasteiger partial charge in [0.2, 0.25) is 11.9 Å². The quantitative estimate of drug-likeness (QED) is 0.769. The lowest BCUT2D eigenvalue weighted by molar-refractivity contribution is 0.892. The Morgan fingerprint density at radius 3 is 2.47 bits per heavy atom. The molecule has 2 rings (SSSR count). The molecule has 15 heavy (non-hydrogen) atoms. The third-order valence-corrected chi connectivity index (χ3v) is 2.13. The van der Waals surface area contributed by atoms with Gasteiger partial charge in [0.05, 0.1) is 5.69 Å². The first-order chi connectivity index (χ1) is 7.20. The Morgan fingerprint density at radius 1 is 1.27 bits per heavy atom. The van der Waals surface area contributed by atoms with Crippen LogP contribution < -0.4 is 11.1 Å². The average Bonchev–Trinajstić information content (AvgIpc) is 2.61. The number of hydrogen-bond acceptors (Lipinski definition) is 4. The van der Waals surface area contributed by atoms with Crippen molar-refractivity contribution in [2.24, 2.45) is 0 Å². The Labute approximate surface area is 87.9 Å². The molecule has 1 heterocycles. The summed E-state index contributed by atoms with van der Waals surface area (Å²) in [5.74, 6) is 0.899. The molecule has 0 radical (unpaired) electrons. The van der Waals surface area contributed by atoms with Gasteiger partial charge in [-0.1, -0.05) is 17.7 Å². The molecule has 5 heteroatoms. The van der Waals surface area contributed by atoms with Crippen molar-refractivity contribution in [2.75, 3.05) is 18.1 Å². The number of nitrogens with two attached hydrogens (primary N) is 1. The van der Waals surface area contributed by atoms with Gasteiger partial charge in [-0.25, -0.2) is 0 Å². The van der Waals surface area contributed by atoms with Crippen LogP contribution in [0.15, 0.2) is 24.3 Å². The summed E-state index contributed by atoms with van der Waals surface area (Å²) in [5.41, 5.74) is 7.85. The van der Waals surface area contributed by atoms with Gasteiger partial charge in [-0.2, -0.15) is 9.67 Å². The van der Waals surface area contributed by atoms with E-state index in [1.54, 1.807) is 11.7 Å². The highest BCUT2D eigenvalue weighted by molar-refractivity contribution is 5.42. The zero-order valence-electron chi connectivity index (χ0n) is 8.73. The van der Waals surface area contributed by atoms with Gasteiger partial charge < -0.3 is 11.1 Å². The summed E-state index contributed by atoms with van der Waals surface area (Å²) in [4.78, 5) is 4.05. The Morgan fingerprint density at radius 2 is 1.93 bits per heavy atom. The summed E-state index contributed by atoms with van der Waals surface area (Å²) in [6.45, 7) is 2.04. The molecule has 1 aromatic heterocycles. The summed E-state index contributed by atoms with van der Waals surface area (Å²) in [5, 5.41) is 7.04. The van der Waals surface area contributed by atoms with Crippen LogP contribution in [0.5, 0.6) is 0 Å². The van der Waals surface area contributed by atoms with Crippen LogP contribution in [0.3, 0.4) is 0 Å². The molecule has 0 bridgehead atoms. The molecule has 0 unspecified atom stereocenters. The van der Waals surface area contributed by atoms with E-state index in [9.17, 15) is 0 Å². The van der Waals surface area contributed by atoms with E-state index in [1.807, 2.05) is 31.2 Å². The molecular weight excluding hydrogens is 190 g/mol. The Balaban J connectivity index is 2.44. The smallest absolute Gasteiger partial charge is 0.244 e. The number of hydrogen-bond donors (Lipinski definition) is 2. The molecule has 0 aliphatic carbocycles. The highest BCUT2D eigenvalue weighted by Gasteiger charge is 2.06. The van der Waals surface area contributed by atoms with Gasteiger partial charge in [-0.05, 0) is 19.1 Å². The number of aromatic nitrogens is 3. The lowest BCUT2D eigenvalue weighted by Crippen LogP contribution is -2.02. The summed E-state index contributed by atoms with van der Waals surface area (Å²) in [6, 6.07) is 7.94. The summed E-state index contributed by atoms with van der Waals surface area (Å²) < 4.78 is 1.60. The van der Waals surface area contributed by atoms with E-state index < -0.39 is 0 Å². The topological polar surface area (TPSA) is 68.8 Å². The summed E-state index contributed by atoms with van der Waals surface area (Å²) >= 11 is 0. The fraction of sp³-hybridized carbons (Fsp3) is 0.200. The van der Waals surface area contributed by atoms with Gasteiger partial charge in [-0.3, -0.25) is 0 Å². The second kappa shape index (κ2) is 3.61. The zero-order valence-corrected chi connectivity index (χ0v) is 8.73. The van der Waals surface area contributed by atoms with Crippen LogP contribution in [0, 0.1) is 6.92 Å². The molecule has 78 valence electrons. The fourth-order valence-corrected chi connectivity index (χ4v) is 1.31. The molecule has 0 fully saturated rings. The van der Waals surface area contributed by atoms with Crippen molar-refractivity contribution in [1.29, 1.82) is 0 Å². The van der Waals surface area contributed by atoms with Crippen molar-refractivity contribution < 1.29 is 0 Å². The van der Waals surface area contributed by atoms with Crippen LogP contribution in [0.4, 0.5) is 11.9 Å². The molecule has 0 saturated heterocycles. The van der Waals surface area contributed by atoms with E-state index >= 15 is 0 Å². The van der Waals surface area contributed by atoms with E-state index in [1.165, 1.54) is 5.56 Å².